The Hall–Kier alpha value is -1.62. The van der Waals surface area contributed by atoms with E-state index in [1.807, 2.05) is 18.2 Å². The third kappa shape index (κ3) is 2.61. The monoisotopic (exact) mass is 264 g/mol. The van der Waals surface area contributed by atoms with E-state index in [1.165, 1.54) is 11.3 Å². The highest BCUT2D eigenvalue weighted by Gasteiger charge is 2.06. The first-order chi connectivity index (χ1) is 8.61. The van der Waals surface area contributed by atoms with Crippen LogP contribution in [-0.2, 0) is 11.8 Å². The first-order valence-electron chi connectivity index (χ1n) is 6.01. The lowest BCUT2D eigenvalue weighted by Gasteiger charge is -2.04. The van der Waals surface area contributed by atoms with E-state index in [0.717, 1.165) is 28.7 Å². The van der Waals surface area contributed by atoms with Crippen LogP contribution >= 0.6 is 11.3 Å². The van der Waals surface area contributed by atoms with E-state index in [2.05, 4.69) is 12.2 Å². The Balaban J connectivity index is 2.20. The molecule has 0 spiro atoms. The maximum absolute atomic E-state index is 11.6. The largest absolute Gasteiger partial charge is 0.326 e. The number of carbonyl (C=O) groups excluding carboxylic acids is 1. The van der Waals surface area contributed by atoms with Crippen LogP contribution in [-0.4, -0.2) is 10.5 Å². The van der Waals surface area contributed by atoms with Gasteiger partial charge in [0.1, 0.15) is 0 Å². The van der Waals surface area contributed by atoms with Gasteiger partial charge in [0.15, 0.2) is 0 Å². The van der Waals surface area contributed by atoms with Crippen LogP contribution in [0.1, 0.15) is 26.2 Å². The van der Waals surface area contributed by atoms with E-state index in [0.29, 0.717) is 6.42 Å². The number of rotatable bonds is 4. The van der Waals surface area contributed by atoms with Gasteiger partial charge in [0.25, 0.3) is 0 Å². The van der Waals surface area contributed by atoms with Crippen molar-refractivity contribution >= 4 is 33.1 Å². The summed E-state index contributed by atoms with van der Waals surface area (Å²) in [5.41, 5.74) is 1.65. The number of aryl methyl sites for hydroxylation is 1. The molecular weight excluding hydrogens is 248 g/mol. The molecule has 0 unspecified atom stereocenters. The molecule has 0 fully saturated rings. The maximum Gasteiger partial charge on any atom is 0.307 e. The Morgan fingerprint density at radius 3 is 2.94 bits per heavy atom. The van der Waals surface area contributed by atoms with Crippen molar-refractivity contribution in [2.45, 2.75) is 26.2 Å². The topological polar surface area (TPSA) is 51.1 Å². The Labute approximate surface area is 109 Å². The van der Waals surface area contributed by atoms with E-state index in [4.69, 9.17) is 0 Å². The van der Waals surface area contributed by atoms with Gasteiger partial charge in [0.2, 0.25) is 5.91 Å². The van der Waals surface area contributed by atoms with Gasteiger partial charge in [0.05, 0.1) is 10.2 Å². The molecule has 0 atom stereocenters. The summed E-state index contributed by atoms with van der Waals surface area (Å²) in [5, 5.41) is 2.85. The molecule has 2 aromatic rings. The van der Waals surface area contributed by atoms with Gasteiger partial charge < -0.3 is 9.88 Å². The van der Waals surface area contributed by atoms with Crippen LogP contribution in [0, 0.1) is 0 Å². The molecule has 0 aliphatic carbocycles. The number of aromatic nitrogens is 1. The average Bonchev–Trinajstić information content (AvgIpc) is 2.62. The van der Waals surface area contributed by atoms with Crippen LogP contribution < -0.4 is 10.2 Å². The fourth-order valence-corrected chi connectivity index (χ4v) is 2.69. The molecule has 1 N–H and O–H groups in total. The Morgan fingerprint density at radius 2 is 2.22 bits per heavy atom. The molecule has 4 nitrogen and oxygen atoms in total. The molecule has 0 saturated heterocycles. The molecule has 0 aliphatic rings. The van der Waals surface area contributed by atoms with Gasteiger partial charge in [-0.1, -0.05) is 24.7 Å². The summed E-state index contributed by atoms with van der Waals surface area (Å²) in [7, 11) is 1.75. The van der Waals surface area contributed by atoms with E-state index in [1.54, 1.807) is 11.6 Å². The molecule has 1 aromatic heterocycles. The van der Waals surface area contributed by atoms with Gasteiger partial charge in [-0.15, -0.1) is 0 Å². The van der Waals surface area contributed by atoms with Crippen LogP contribution in [0.3, 0.4) is 0 Å². The van der Waals surface area contributed by atoms with E-state index in [9.17, 15) is 9.59 Å². The van der Waals surface area contributed by atoms with Crippen LogP contribution in [0.5, 0.6) is 0 Å². The third-order valence-electron chi connectivity index (χ3n) is 2.83. The Bertz CT molecular complexity index is 627. The predicted octanol–water partition coefficient (Wildman–Crippen LogP) is 2.73. The number of carbonyl (C=O) groups is 1. The number of hydrogen-bond donors (Lipinski definition) is 1. The number of nitrogens with one attached hydrogen (secondary N) is 1. The number of hydrogen-bond acceptors (Lipinski definition) is 3. The minimum absolute atomic E-state index is 0.0134. The first-order valence-corrected chi connectivity index (χ1v) is 6.83. The van der Waals surface area contributed by atoms with E-state index in [-0.39, 0.29) is 10.8 Å². The smallest absolute Gasteiger partial charge is 0.307 e. The maximum atomic E-state index is 11.6. The molecule has 0 aliphatic heterocycles. The number of fused-ring (bicyclic) bond motifs is 1. The fourth-order valence-electron chi connectivity index (χ4n) is 1.77. The summed E-state index contributed by atoms with van der Waals surface area (Å²) in [6.45, 7) is 2.06. The zero-order chi connectivity index (χ0) is 13.1. The summed E-state index contributed by atoms with van der Waals surface area (Å²) in [6, 6.07) is 5.55. The highest BCUT2D eigenvalue weighted by Crippen LogP contribution is 2.21. The van der Waals surface area contributed by atoms with Crippen LogP contribution in [0.4, 0.5) is 5.69 Å². The molecule has 1 aromatic carbocycles. The molecular formula is C13H16N2O2S. The molecule has 1 amide bonds. The van der Waals surface area contributed by atoms with Crippen LogP contribution in [0.2, 0.25) is 0 Å². The van der Waals surface area contributed by atoms with Gasteiger partial charge in [-0.25, -0.2) is 0 Å². The molecule has 0 bridgehead atoms. The van der Waals surface area contributed by atoms with Crippen molar-refractivity contribution in [1.82, 2.24) is 4.57 Å². The Kier molecular flexibility index (Phi) is 3.81. The minimum Gasteiger partial charge on any atom is -0.326 e. The van der Waals surface area contributed by atoms with Crippen molar-refractivity contribution in [2.24, 2.45) is 7.05 Å². The summed E-state index contributed by atoms with van der Waals surface area (Å²) < 4.78 is 2.51. The lowest BCUT2D eigenvalue weighted by molar-refractivity contribution is -0.116. The van der Waals surface area contributed by atoms with Crippen LogP contribution in [0.15, 0.2) is 23.0 Å². The molecule has 1 heterocycles. The zero-order valence-electron chi connectivity index (χ0n) is 10.5. The standard InChI is InChI=1S/C13H16N2O2S/c1-3-4-5-12(16)14-9-6-7-10-11(8-9)18-13(17)15(10)2/h6-8H,3-5H2,1-2H3,(H,14,16). The fraction of sp³-hybridized carbons (Fsp3) is 0.385. The summed E-state index contributed by atoms with van der Waals surface area (Å²) in [5.74, 6) is 0.0273. The summed E-state index contributed by atoms with van der Waals surface area (Å²) >= 11 is 1.19. The van der Waals surface area contributed by atoms with Gasteiger partial charge in [0, 0.05) is 19.2 Å². The highest BCUT2D eigenvalue weighted by atomic mass is 32.1. The highest BCUT2D eigenvalue weighted by molar-refractivity contribution is 7.16. The lowest BCUT2D eigenvalue weighted by Crippen LogP contribution is -2.10. The number of benzene rings is 1. The normalized spacial score (nSPS) is 10.8. The van der Waals surface area contributed by atoms with Gasteiger partial charge >= 0.3 is 4.87 Å². The Morgan fingerprint density at radius 1 is 1.44 bits per heavy atom. The number of amides is 1. The number of unbranched alkanes of at least 4 members (excludes halogenated alkanes) is 1. The van der Waals surface area contributed by atoms with Gasteiger partial charge in [-0.05, 0) is 24.6 Å². The van der Waals surface area contributed by atoms with Gasteiger partial charge in [-0.3, -0.25) is 9.59 Å². The second-order valence-corrected chi connectivity index (χ2v) is 5.25. The second-order valence-electron chi connectivity index (χ2n) is 4.26. The molecule has 18 heavy (non-hydrogen) atoms. The predicted molar refractivity (Wildman–Crippen MR) is 75.2 cm³/mol. The molecule has 0 saturated carbocycles. The van der Waals surface area contributed by atoms with Crippen LogP contribution in [0.25, 0.3) is 10.2 Å². The van der Waals surface area contributed by atoms with Crippen molar-refractivity contribution in [2.75, 3.05) is 5.32 Å². The van der Waals surface area contributed by atoms with E-state index >= 15 is 0 Å². The van der Waals surface area contributed by atoms with Crippen molar-refractivity contribution in [3.63, 3.8) is 0 Å². The van der Waals surface area contributed by atoms with E-state index < -0.39 is 0 Å². The SMILES string of the molecule is CCCCC(=O)Nc1ccc2c(c1)sc(=O)n2C. The van der Waals surface area contributed by atoms with Crippen molar-refractivity contribution in [1.29, 1.82) is 0 Å². The summed E-state index contributed by atoms with van der Waals surface area (Å²) in [4.78, 5) is 23.1. The first kappa shape index (κ1) is 12.8. The zero-order valence-corrected chi connectivity index (χ0v) is 11.3. The molecule has 5 heteroatoms. The number of anilines is 1. The minimum atomic E-state index is 0.0134. The number of thiazole rings is 1. The van der Waals surface area contributed by atoms with Gasteiger partial charge in [-0.2, -0.15) is 0 Å². The molecule has 96 valence electrons. The average molecular weight is 264 g/mol. The van der Waals surface area contributed by atoms with Crippen molar-refractivity contribution in [3.05, 3.63) is 27.9 Å². The number of nitrogens with zero attached hydrogens (tertiary/aromatic N) is 1. The second kappa shape index (κ2) is 5.35. The lowest BCUT2D eigenvalue weighted by atomic mass is 10.2. The van der Waals surface area contributed by atoms with Crippen molar-refractivity contribution < 1.29 is 4.79 Å². The molecule has 2 rings (SSSR count). The van der Waals surface area contributed by atoms with Crippen molar-refractivity contribution in [3.8, 4) is 0 Å². The summed E-state index contributed by atoms with van der Waals surface area (Å²) in [6.07, 6.45) is 2.44. The molecule has 0 radical (unpaired) electrons. The third-order valence-corrected chi connectivity index (χ3v) is 3.83. The quantitative estimate of drug-likeness (QED) is 0.923.